The highest BCUT2D eigenvalue weighted by Crippen LogP contribution is 2.31. The summed E-state index contributed by atoms with van der Waals surface area (Å²) in [4.78, 5) is 9.40. The van der Waals surface area contributed by atoms with Gasteiger partial charge >= 0.3 is 5.69 Å². The summed E-state index contributed by atoms with van der Waals surface area (Å²) in [6.07, 6.45) is 0. The molecule has 0 aliphatic carbocycles. The monoisotopic (exact) mass is 440 g/mol. The van der Waals surface area contributed by atoms with Crippen LogP contribution < -0.4 is 5.73 Å². The Balaban J connectivity index is 0.000000224. The lowest BCUT2D eigenvalue weighted by Gasteiger charge is -1.98. The number of anilines is 1. The molecule has 0 atom stereocenters. The molecule has 0 aliphatic heterocycles. The van der Waals surface area contributed by atoms with Gasteiger partial charge in [-0.2, -0.15) is 0 Å². The molecule has 0 bridgehead atoms. The van der Waals surface area contributed by atoms with Crippen LogP contribution in [0.4, 0.5) is 20.2 Å². The summed E-state index contributed by atoms with van der Waals surface area (Å²) in [5.41, 5.74) is 4.88. The quantitative estimate of drug-likeness (QED) is 0.267. The first-order chi connectivity index (χ1) is 10.1. The number of phenolic OH excluding ortho intramolecular Hbond substituents is 2. The van der Waals surface area contributed by atoms with Crippen molar-refractivity contribution in [3.63, 3.8) is 0 Å². The van der Waals surface area contributed by atoms with Crippen LogP contribution in [0.1, 0.15) is 0 Å². The van der Waals surface area contributed by atoms with E-state index >= 15 is 0 Å². The first-order valence-corrected chi connectivity index (χ1v) is 6.98. The summed E-state index contributed by atoms with van der Waals surface area (Å²) in [5, 5.41) is 27.9. The third kappa shape index (κ3) is 4.53. The van der Waals surface area contributed by atoms with Crippen molar-refractivity contribution in [3.05, 3.63) is 55.0 Å². The largest absolute Gasteiger partial charge is 0.506 e. The third-order valence-corrected chi connectivity index (χ3v) is 3.50. The molecule has 0 fully saturated rings. The number of rotatable bonds is 1. The van der Waals surface area contributed by atoms with Crippen molar-refractivity contribution < 1.29 is 23.9 Å². The number of hydrogen-bond donors (Lipinski definition) is 3. The number of benzene rings is 2. The van der Waals surface area contributed by atoms with E-state index in [0.29, 0.717) is 6.07 Å². The van der Waals surface area contributed by atoms with Crippen molar-refractivity contribution in [1.29, 1.82) is 0 Å². The number of nitrogens with two attached hydrogens (primary N) is 1. The molecule has 10 heteroatoms. The second-order valence-electron chi connectivity index (χ2n) is 3.84. The summed E-state index contributed by atoms with van der Waals surface area (Å²) in [6, 6.07) is 3.86. The van der Waals surface area contributed by atoms with Gasteiger partial charge < -0.3 is 15.9 Å². The lowest BCUT2D eigenvalue weighted by atomic mass is 10.3. The molecule has 2 aromatic rings. The zero-order valence-corrected chi connectivity index (χ0v) is 13.7. The average Bonchev–Trinajstić information content (AvgIpc) is 2.41. The van der Waals surface area contributed by atoms with Gasteiger partial charge in [-0.3, -0.25) is 10.1 Å². The minimum atomic E-state index is -0.792. The molecule has 118 valence electrons. The first-order valence-electron chi connectivity index (χ1n) is 5.39. The maximum Gasteiger partial charge on any atom is 0.312 e. The molecule has 0 aromatic heterocycles. The standard InChI is InChI=1S/C6H3BrFNO3.C6H5BrFNO/c7-3-1-5(9(11)12)6(10)2-4(3)8;7-3-1-5(9)6(10)2-4(3)8/h1-2,10H;1-2,10H,9H2. The Labute approximate surface area is 139 Å². The highest BCUT2D eigenvalue weighted by molar-refractivity contribution is 9.10. The zero-order valence-electron chi connectivity index (χ0n) is 10.6. The molecule has 0 radical (unpaired) electrons. The van der Waals surface area contributed by atoms with E-state index in [1.54, 1.807) is 0 Å². The van der Waals surface area contributed by atoms with E-state index in [1.165, 1.54) is 6.07 Å². The average molecular weight is 442 g/mol. The fourth-order valence-electron chi connectivity index (χ4n) is 1.22. The minimum Gasteiger partial charge on any atom is -0.506 e. The number of hydrogen-bond acceptors (Lipinski definition) is 5. The lowest BCUT2D eigenvalue weighted by molar-refractivity contribution is -0.386. The molecular formula is C12H8Br2F2N2O4. The van der Waals surface area contributed by atoms with E-state index in [1.807, 2.05) is 0 Å². The number of nitro groups is 1. The fourth-order valence-corrected chi connectivity index (χ4v) is 1.92. The van der Waals surface area contributed by atoms with E-state index in [9.17, 15) is 18.9 Å². The molecule has 0 amide bonds. The van der Waals surface area contributed by atoms with Crippen molar-refractivity contribution in [2.45, 2.75) is 0 Å². The molecule has 0 heterocycles. The molecule has 0 unspecified atom stereocenters. The van der Waals surface area contributed by atoms with Gasteiger partial charge in [-0.1, -0.05) is 0 Å². The Morgan fingerprint density at radius 2 is 1.45 bits per heavy atom. The van der Waals surface area contributed by atoms with Crippen LogP contribution in [-0.4, -0.2) is 15.1 Å². The summed E-state index contributed by atoms with van der Waals surface area (Å²) in [6.45, 7) is 0. The summed E-state index contributed by atoms with van der Waals surface area (Å²) < 4.78 is 25.3. The second kappa shape index (κ2) is 7.36. The van der Waals surface area contributed by atoms with Crippen LogP contribution in [0.3, 0.4) is 0 Å². The van der Waals surface area contributed by atoms with Crippen molar-refractivity contribution in [2.24, 2.45) is 0 Å². The van der Waals surface area contributed by atoms with Crippen LogP contribution in [0.25, 0.3) is 0 Å². The molecular weight excluding hydrogens is 434 g/mol. The molecule has 0 aliphatic rings. The smallest absolute Gasteiger partial charge is 0.312 e. The summed E-state index contributed by atoms with van der Waals surface area (Å²) >= 11 is 5.67. The molecule has 2 rings (SSSR count). The van der Waals surface area contributed by atoms with Gasteiger partial charge in [-0.15, -0.1) is 0 Å². The predicted octanol–water partition coefficient (Wildman–Crippen LogP) is 4.08. The summed E-state index contributed by atoms with van der Waals surface area (Å²) in [5.74, 6) is -2.17. The molecule has 0 spiro atoms. The Hall–Kier alpha value is -1.94. The van der Waals surface area contributed by atoms with E-state index in [0.717, 1.165) is 12.1 Å². The predicted molar refractivity (Wildman–Crippen MR) is 82.6 cm³/mol. The maximum atomic E-state index is 12.6. The van der Waals surface area contributed by atoms with E-state index in [4.69, 9.17) is 15.9 Å². The topological polar surface area (TPSA) is 110 Å². The number of nitrogen functional groups attached to an aromatic ring is 1. The lowest BCUT2D eigenvalue weighted by Crippen LogP contribution is -1.89. The van der Waals surface area contributed by atoms with Crippen molar-refractivity contribution >= 4 is 43.2 Å². The van der Waals surface area contributed by atoms with E-state index in [-0.39, 0.29) is 20.4 Å². The van der Waals surface area contributed by atoms with Crippen molar-refractivity contribution in [2.75, 3.05) is 5.73 Å². The first kappa shape index (κ1) is 18.1. The number of nitrogens with zero attached hydrogens (tertiary/aromatic N) is 1. The molecule has 6 nitrogen and oxygen atoms in total. The van der Waals surface area contributed by atoms with Crippen LogP contribution in [0.15, 0.2) is 33.2 Å². The van der Waals surface area contributed by atoms with Gasteiger partial charge in [0.15, 0.2) is 5.75 Å². The Kier molecular flexibility index (Phi) is 6.06. The Bertz CT molecular complexity index is 679. The van der Waals surface area contributed by atoms with Gasteiger partial charge in [0.25, 0.3) is 0 Å². The van der Waals surface area contributed by atoms with Crippen LogP contribution in [0.5, 0.6) is 11.5 Å². The highest BCUT2D eigenvalue weighted by Gasteiger charge is 2.16. The minimum absolute atomic E-state index is 0.0491. The van der Waals surface area contributed by atoms with Gasteiger partial charge in [-0.25, -0.2) is 8.78 Å². The van der Waals surface area contributed by atoms with Crippen molar-refractivity contribution in [3.8, 4) is 11.5 Å². The zero-order chi connectivity index (χ0) is 17.0. The second-order valence-corrected chi connectivity index (χ2v) is 5.55. The van der Waals surface area contributed by atoms with Gasteiger partial charge in [0, 0.05) is 18.2 Å². The van der Waals surface area contributed by atoms with Crippen LogP contribution in [0, 0.1) is 21.7 Å². The highest BCUT2D eigenvalue weighted by atomic mass is 79.9. The van der Waals surface area contributed by atoms with Gasteiger partial charge in [0.2, 0.25) is 0 Å². The molecule has 0 saturated carbocycles. The fraction of sp³-hybridized carbons (Fsp3) is 0. The molecule has 0 saturated heterocycles. The molecule has 4 N–H and O–H groups in total. The van der Waals surface area contributed by atoms with Gasteiger partial charge in [0.05, 0.1) is 19.6 Å². The van der Waals surface area contributed by atoms with E-state index in [2.05, 4.69) is 31.9 Å². The SMILES string of the molecule is Nc1cc(Br)c(F)cc1O.O=[N+]([O-])c1cc(Br)c(F)cc1O. The maximum absolute atomic E-state index is 12.6. The van der Waals surface area contributed by atoms with Crippen molar-refractivity contribution in [1.82, 2.24) is 0 Å². The van der Waals surface area contributed by atoms with E-state index < -0.39 is 28.0 Å². The van der Waals surface area contributed by atoms with Crippen LogP contribution in [0.2, 0.25) is 0 Å². The normalized spacial score (nSPS) is 9.82. The number of nitro benzene ring substituents is 1. The number of phenols is 2. The van der Waals surface area contributed by atoms with Crippen LogP contribution in [-0.2, 0) is 0 Å². The molecule has 2 aromatic carbocycles. The Morgan fingerprint density at radius 1 is 1.00 bits per heavy atom. The number of aromatic hydroxyl groups is 2. The summed E-state index contributed by atoms with van der Waals surface area (Å²) in [7, 11) is 0. The Morgan fingerprint density at radius 3 is 1.91 bits per heavy atom. The third-order valence-electron chi connectivity index (χ3n) is 2.28. The van der Waals surface area contributed by atoms with Gasteiger partial charge in [-0.05, 0) is 37.9 Å². The van der Waals surface area contributed by atoms with Gasteiger partial charge in [0.1, 0.15) is 17.4 Å². The van der Waals surface area contributed by atoms with Crippen LogP contribution >= 0.6 is 31.9 Å². The number of halogens is 4. The molecule has 22 heavy (non-hydrogen) atoms.